The second-order valence-electron chi connectivity index (χ2n) is 2.71. The minimum Gasteiger partial charge on any atom is -0.465 e. The van der Waals surface area contributed by atoms with Gasteiger partial charge in [-0.2, -0.15) is 0 Å². The number of hydrogen-bond acceptors (Lipinski definition) is 6. The Bertz CT molecular complexity index is 267. The van der Waals surface area contributed by atoms with Gasteiger partial charge in [0.25, 0.3) is 0 Å². The van der Waals surface area contributed by atoms with Crippen LogP contribution in [0.15, 0.2) is 0 Å². The normalized spacial score (nSPS) is 13.2. The maximum atomic E-state index is 12.1. The molecular weight excluding hydrogens is 235 g/mol. The van der Waals surface area contributed by atoms with E-state index in [2.05, 4.69) is 4.74 Å². The van der Waals surface area contributed by atoms with E-state index in [0.29, 0.717) is 0 Å². The van der Waals surface area contributed by atoms with Crippen molar-refractivity contribution < 1.29 is 27.9 Å². The van der Waals surface area contributed by atoms with Crippen LogP contribution < -0.4 is 0 Å². The largest absolute Gasteiger partial charge is 0.465 e. The first-order valence-electron chi connectivity index (χ1n) is 5.06. The molecule has 0 aliphatic carbocycles. The lowest BCUT2D eigenvalue weighted by atomic mass is 10.5. The molecule has 1 atom stereocenters. The molecule has 0 N–H and O–H groups in total. The van der Waals surface area contributed by atoms with E-state index in [1.54, 1.807) is 20.8 Å². The van der Waals surface area contributed by atoms with Crippen molar-refractivity contribution in [3.63, 3.8) is 0 Å². The highest BCUT2D eigenvalue weighted by Crippen LogP contribution is 2.52. The van der Waals surface area contributed by atoms with E-state index in [-0.39, 0.29) is 26.1 Å². The van der Waals surface area contributed by atoms with Crippen LogP contribution in [0, 0.1) is 0 Å². The van der Waals surface area contributed by atoms with Crippen LogP contribution >= 0.6 is 7.60 Å². The molecular formula is C9H17O6P. The lowest BCUT2D eigenvalue weighted by Gasteiger charge is -2.20. The third kappa shape index (κ3) is 4.04. The number of carbonyl (C=O) groups excluding carboxylic acids is 2. The van der Waals surface area contributed by atoms with Gasteiger partial charge in [-0.25, -0.2) is 0 Å². The highest BCUT2D eigenvalue weighted by Gasteiger charge is 2.42. The molecule has 0 spiro atoms. The lowest BCUT2D eigenvalue weighted by molar-refractivity contribution is -0.143. The molecule has 0 rings (SSSR count). The second-order valence-corrected chi connectivity index (χ2v) is 4.86. The second kappa shape index (κ2) is 7.54. The number of esters is 1. The standard InChI is InChI=1S/C9H17O6P/c1-4-13-9(11)8(7-10)16(12,14-5-2)15-6-3/h7-8H,4-6H2,1-3H3. The van der Waals surface area contributed by atoms with Crippen molar-refractivity contribution >= 4 is 19.9 Å². The van der Waals surface area contributed by atoms with Gasteiger partial charge in [0.05, 0.1) is 19.8 Å². The Labute approximate surface area is 94.8 Å². The van der Waals surface area contributed by atoms with Crippen LogP contribution in [0.4, 0.5) is 0 Å². The molecule has 0 bridgehead atoms. The van der Waals surface area contributed by atoms with Crippen LogP contribution in [0.3, 0.4) is 0 Å². The van der Waals surface area contributed by atoms with Gasteiger partial charge in [0, 0.05) is 0 Å². The fourth-order valence-corrected chi connectivity index (χ4v) is 2.64. The van der Waals surface area contributed by atoms with E-state index in [9.17, 15) is 14.2 Å². The maximum absolute atomic E-state index is 12.1. The summed E-state index contributed by atoms with van der Waals surface area (Å²) >= 11 is 0. The average Bonchev–Trinajstić information content (AvgIpc) is 2.19. The first kappa shape index (κ1) is 15.3. The molecule has 0 aromatic heterocycles. The zero-order valence-corrected chi connectivity index (χ0v) is 10.6. The average molecular weight is 252 g/mol. The van der Waals surface area contributed by atoms with Crippen molar-refractivity contribution in [2.45, 2.75) is 26.4 Å². The topological polar surface area (TPSA) is 78.9 Å². The van der Waals surface area contributed by atoms with Gasteiger partial charge in [0.2, 0.25) is 5.66 Å². The molecule has 0 aliphatic heterocycles. The highest BCUT2D eigenvalue weighted by atomic mass is 31.2. The number of hydrogen-bond donors (Lipinski definition) is 0. The fraction of sp³-hybridized carbons (Fsp3) is 0.778. The van der Waals surface area contributed by atoms with E-state index >= 15 is 0 Å². The van der Waals surface area contributed by atoms with E-state index < -0.39 is 19.2 Å². The van der Waals surface area contributed by atoms with Gasteiger partial charge < -0.3 is 18.6 Å². The van der Waals surface area contributed by atoms with Crippen molar-refractivity contribution in [3.8, 4) is 0 Å². The maximum Gasteiger partial charge on any atom is 0.352 e. The van der Waals surface area contributed by atoms with E-state index in [0.717, 1.165) is 0 Å². The van der Waals surface area contributed by atoms with Crippen LogP contribution in [0.1, 0.15) is 20.8 Å². The van der Waals surface area contributed by atoms with Gasteiger partial charge in [0.1, 0.15) is 6.29 Å². The van der Waals surface area contributed by atoms with Crippen LogP contribution in [0.5, 0.6) is 0 Å². The summed E-state index contributed by atoms with van der Waals surface area (Å²) in [5.74, 6) is -0.886. The Hall–Kier alpha value is -0.710. The van der Waals surface area contributed by atoms with Crippen molar-refractivity contribution in [1.29, 1.82) is 0 Å². The molecule has 0 aromatic carbocycles. The number of rotatable bonds is 8. The summed E-state index contributed by atoms with van der Waals surface area (Å²) < 4.78 is 26.5. The zero-order valence-electron chi connectivity index (χ0n) is 9.67. The van der Waals surface area contributed by atoms with Crippen LogP contribution in [0.25, 0.3) is 0 Å². The predicted octanol–water partition coefficient (Wildman–Crippen LogP) is 1.38. The van der Waals surface area contributed by atoms with Crippen molar-refractivity contribution in [2.75, 3.05) is 19.8 Å². The molecule has 0 saturated carbocycles. The lowest BCUT2D eigenvalue weighted by Crippen LogP contribution is -2.27. The van der Waals surface area contributed by atoms with Crippen molar-refractivity contribution in [1.82, 2.24) is 0 Å². The minimum absolute atomic E-state index is 0.0843. The summed E-state index contributed by atoms with van der Waals surface area (Å²) in [6, 6.07) is 0. The number of ether oxygens (including phenoxy) is 1. The Morgan fingerprint density at radius 3 is 2.00 bits per heavy atom. The van der Waals surface area contributed by atoms with Crippen molar-refractivity contribution in [3.05, 3.63) is 0 Å². The first-order valence-corrected chi connectivity index (χ1v) is 6.67. The number of aldehydes is 1. The minimum atomic E-state index is -3.76. The molecule has 0 amide bonds. The highest BCUT2D eigenvalue weighted by molar-refractivity contribution is 7.56. The Morgan fingerprint density at radius 1 is 1.19 bits per heavy atom. The molecule has 94 valence electrons. The quantitative estimate of drug-likeness (QED) is 0.281. The smallest absolute Gasteiger partial charge is 0.352 e. The van der Waals surface area contributed by atoms with Crippen molar-refractivity contribution in [2.24, 2.45) is 0 Å². The van der Waals surface area contributed by atoms with Gasteiger partial charge in [-0.15, -0.1) is 0 Å². The van der Waals surface area contributed by atoms with Gasteiger partial charge in [-0.3, -0.25) is 9.36 Å². The Balaban J connectivity index is 4.90. The van der Waals surface area contributed by atoms with Gasteiger partial charge >= 0.3 is 13.6 Å². The van der Waals surface area contributed by atoms with Crippen LogP contribution in [-0.2, 0) is 27.9 Å². The molecule has 7 heteroatoms. The number of carbonyl (C=O) groups is 2. The molecule has 16 heavy (non-hydrogen) atoms. The van der Waals surface area contributed by atoms with E-state index in [4.69, 9.17) is 9.05 Å². The summed E-state index contributed by atoms with van der Waals surface area (Å²) in [5.41, 5.74) is -1.51. The van der Waals surface area contributed by atoms with E-state index in [1.807, 2.05) is 0 Å². The zero-order chi connectivity index (χ0) is 12.6. The van der Waals surface area contributed by atoms with Gasteiger partial charge in [0.15, 0.2) is 0 Å². The molecule has 0 saturated heterocycles. The van der Waals surface area contributed by atoms with E-state index in [1.165, 1.54) is 0 Å². The van der Waals surface area contributed by atoms with Crippen LogP contribution in [0.2, 0.25) is 0 Å². The summed E-state index contributed by atoms with van der Waals surface area (Å²) in [6.07, 6.45) is 0.240. The summed E-state index contributed by atoms with van der Waals surface area (Å²) in [5, 5.41) is 0. The SMILES string of the molecule is CCOC(=O)C(C=O)P(=O)(OCC)OCC. The fourth-order valence-electron chi connectivity index (χ4n) is 1.04. The summed E-state index contributed by atoms with van der Waals surface area (Å²) in [4.78, 5) is 22.2. The Kier molecular flexibility index (Phi) is 7.21. The summed E-state index contributed by atoms with van der Waals surface area (Å²) in [7, 11) is -3.76. The predicted molar refractivity (Wildman–Crippen MR) is 57.3 cm³/mol. The van der Waals surface area contributed by atoms with Gasteiger partial charge in [-0.05, 0) is 20.8 Å². The third-order valence-electron chi connectivity index (χ3n) is 1.62. The summed E-state index contributed by atoms with van der Waals surface area (Å²) in [6.45, 7) is 5.05. The molecule has 0 heterocycles. The molecule has 1 unspecified atom stereocenters. The molecule has 6 nitrogen and oxygen atoms in total. The van der Waals surface area contributed by atoms with Gasteiger partial charge in [-0.1, -0.05) is 0 Å². The molecule has 0 aromatic rings. The molecule has 0 fully saturated rings. The third-order valence-corrected chi connectivity index (χ3v) is 3.87. The Morgan fingerprint density at radius 2 is 1.69 bits per heavy atom. The van der Waals surface area contributed by atoms with Crippen LogP contribution in [-0.4, -0.2) is 37.7 Å². The monoisotopic (exact) mass is 252 g/mol. The molecule has 0 aliphatic rings. The molecule has 0 radical (unpaired) electrons. The first-order chi connectivity index (χ1) is 7.55.